The van der Waals surface area contributed by atoms with Crippen molar-refractivity contribution >= 4 is 11.9 Å². The first-order chi connectivity index (χ1) is 8.16. The molecule has 5 heteroatoms. The molecule has 0 saturated carbocycles. The summed E-state index contributed by atoms with van der Waals surface area (Å²) in [6.07, 6.45) is 5.51. The number of carbonyl (C=O) groups is 2. The fourth-order valence-corrected chi connectivity index (χ4v) is 1.74. The molecule has 1 aromatic rings. The monoisotopic (exact) mass is 235 g/mol. The van der Waals surface area contributed by atoms with Crippen molar-refractivity contribution < 1.29 is 19.1 Å². The zero-order chi connectivity index (χ0) is 12.3. The van der Waals surface area contributed by atoms with Gasteiger partial charge in [-0.15, -0.1) is 0 Å². The van der Waals surface area contributed by atoms with Crippen LogP contribution < -0.4 is 5.32 Å². The second-order valence-electron chi connectivity index (χ2n) is 3.93. The van der Waals surface area contributed by atoms with E-state index in [4.69, 9.17) is 9.52 Å². The lowest BCUT2D eigenvalue weighted by Gasteiger charge is -2.08. The van der Waals surface area contributed by atoms with Crippen LogP contribution in [0.4, 0.5) is 0 Å². The van der Waals surface area contributed by atoms with Crippen molar-refractivity contribution in [2.45, 2.75) is 19.4 Å². The van der Waals surface area contributed by atoms with E-state index in [9.17, 15) is 9.59 Å². The maximum absolute atomic E-state index is 11.7. The lowest BCUT2D eigenvalue weighted by molar-refractivity contribution is -0.124. The predicted molar refractivity (Wildman–Crippen MR) is 59.4 cm³/mol. The summed E-state index contributed by atoms with van der Waals surface area (Å²) in [7, 11) is 0. The molecule has 5 nitrogen and oxygen atoms in total. The zero-order valence-corrected chi connectivity index (χ0v) is 9.18. The average Bonchev–Trinajstić information content (AvgIpc) is 2.97. The summed E-state index contributed by atoms with van der Waals surface area (Å²) in [4.78, 5) is 22.2. The van der Waals surface area contributed by atoms with Crippen molar-refractivity contribution in [1.29, 1.82) is 0 Å². The number of carbonyl (C=O) groups excluding carboxylic acids is 1. The number of rotatable bonds is 4. The van der Waals surface area contributed by atoms with Gasteiger partial charge in [0.1, 0.15) is 5.76 Å². The summed E-state index contributed by atoms with van der Waals surface area (Å²) in [6.45, 7) is 0.225. The summed E-state index contributed by atoms with van der Waals surface area (Å²) >= 11 is 0. The quantitative estimate of drug-likeness (QED) is 0.776. The van der Waals surface area contributed by atoms with Crippen molar-refractivity contribution in [3.8, 4) is 0 Å². The highest BCUT2D eigenvalue weighted by molar-refractivity contribution is 5.84. The van der Waals surface area contributed by atoms with E-state index >= 15 is 0 Å². The molecule has 1 aliphatic rings. The molecule has 1 heterocycles. The number of carboxylic acids is 1. The Balaban J connectivity index is 1.84. The van der Waals surface area contributed by atoms with Crippen LogP contribution in [0.1, 0.15) is 29.2 Å². The Morgan fingerprint density at radius 3 is 2.65 bits per heavy atom. The van der Waals surface area contributed by atoms with Gasteiger partial charge in [-0.05, 0) is 25.0 Å². The van der Waals surface area contributed by atoms with Gasteiger partial charge in [0.15, 0.2) is 0 Å². The number of aromatic carboxylic acids is 1. The lowest BCUT2D eigenvalue weighted by Crippen LogP contribution is -2.28. The minimum absolute atomic E-state index is 0.00362. The Kier molecular flexibility index (Phi) is 3.27. The Labute approximate surface area is 98.1 Å². The summed E-state index contributed by atoms with van der Waals surface area (Å²) in [5.74, 6) is -0.798. The van der Waals surface area contributed by atoms with Gasteiger partial charge in [0.2, 0.25) is 11.7 Å². The third-order valence-corrected chi connectivity index (χ3v) is 2.69. The molecule has 0 radical (unpaired) electrons. The van der Waals surface area contributed by atoms with Crippen molar-refractivity contribution in [3.05, 3.63) is 35.8 Å². The van der Waals surface area contributed by atoms with Crippen molar-refractivity contribution in [2.24, 2.45) is 5.92 Å². The Morgan fingerprint density at radius 2 is 2.06 bits per heavy atom. The molecule has 1 aliphatic carbocycles. The van der Waals surface area contributed by atoms with Crippen LogP contribution in [0.5, 0.6) is 0 Å². The topological polar surface area (TPSA) is 79.5 Å². The molecule has 0 spiro atoms. The van der Waals surface area contributed by atoms with E-state index in [2.05, 4.69) is 5.32 Å². The van der Waals surface area contributed by atoms with E-state index in [1.165, 1.54) is 6.07 Å². The molecule has 0 unspecified atom stereocenters. The zero-order valence-electron chi connectivity index (χ0n) is 9.18. The van der Waals surface area contributed by atoms with Crippen LogP contribution in [0.25, 0.3) is 0 Å². The molecule has 0 aromatic carbocycles. The fourth-order valence-electron chi connectivity index (χ4n) is 1.74. The number of furan rings is 1. The van der Waals surface area contributed by atoms with E-state index in [1.807, 2.05) is 12.2 Å². The number of nitrogens with one attached hydrogen (secondary N) is 1. The number of hydrogen-bond acceptors (Lipinski definition) is 3. The molecular weight excluding hydrogens is 222 g/mol. The number of hydrogen-bond donors (Lipinski definition) is 2. The molecule has 1 amide bonds. The van der Waals surface area contributed by atoms with Gasteiger partial charge < -0.3 is 14.8 Å². The number of carboxylic acid groups (broad SMARTS) is 1. The molecule has 17 heavy (non-hydrogen) atoms. The van der Waals surface area contributed by atoms with Gasteiger partial charge in [-0.25, -0.2) is 4.79 Å². The van der Waals surface area contributed by atoms with Crippen LogP contribution in [0.15, 0.2) is 28.7 Å². The average molecular weight is 235 g/mol. The second-order valence-corrected chi connectivity index (χ2v) is 3.93. The largest absolute Gasteiger partial charge is 0.475 e. The van der Waals surface area contributed by atoms with Crippen molar-refractivity contribution in [2.75, 3.05) is 0 Å². The molecule has 0 fully saturated rings. The molecule has 1 aromatic heterocycles. The fraction of sp³-hybridized carbons (Fsp3) is 0.333. The van der Waals surface area contributed by atoms with E-state index < -0.39 is 5.97 Å². The molecule has 0 bridgehead atoms. The molecule has 0 saturated heterocycles. The standard InChI is InChI=1S/C12H13NO4/c14-11(8-3-1-2-4-8)13-7-9-5-6-10(17-9)12(15)16/h1-2,5-6,8H,3-4,7H2,(H,13,14)(H,15,16). The number of allylic oxidation sites excluding steroid dienone is 2. The van der Waals surface area contributed by atoms with Gasteiger partial charge in [0.05, 0.1) is 6.54 Å². The minimum Gasteiger partial charge on any atom is -0.475 e. The van der Waals surface area contributed by atoms with E-state index in [0.717, 1.165) is 12.8 Å². The van der Waals surface area contributed by atoms with Gasteiger partial charge >= 0.3 is 5.97 Å². The van der Waals surface area contributed by atoms with Gasteiger partial charge in [-0.3, -0.25) is 4.79 Å². The van der Waals surface area contributed by atoms with Gasteiger partial charge in [-0.2, -0.15) is 0 Å². The van der Waals surface area contributed by atoms with Crippen LogP contribution in [0.2, 0.25) is 0 Å². The molecule has 0 atom stereocenters. The molecular formula is C12H13NO4. The summed E-state index contributed by atoms with van der Waals surface area (Å²) in [5, 5.41) is 11.4. The van der Waals surface area contributed by atoms with Crippen molar-refractivity contribution in [3.63, 3.8) is 0 Å². The molecule has 2 rings (SSSR count). The Bertz CT molecular complexity index is 453. The summed E-state index contributed by atoms with van der Waals surface area (Å²) < 4.78 is 5.03. The maximum atomic E-state index is 11.7. The highest BCUT2D eigenvalue weighted by atomic mass is 16.4. The molecule has 0 aliphatic heterocycles. The highest BCUT2D eigenvalue weighted by Gasteiger charge is 2.19. The van der Waals surface area contributed by atoms with Crippen LogP contribution in [0, 0.1) is 5.92 Å². The minimum atomic E-state index is -1.11. The van der Waals surface area contributed by atoms with Gasteiger partial charge in [0.25, 0.3) is 0 Å². The first-order valence-electron chi connectivity index (χ1n) is 5.41. The first kappa shape index (κ1) is 11.4. The molecule has 90 valence electrons. The van der Waals surface area contributed by atoms with Crippen LogP contribution in [0.3, 0.4) is 0 Å². The first-order valence-corrected chi connectivity index (χ1v) is 5.41. The smallest absolute Gasteiger partial charge is 0.371 e. The van der Waals surface area contributed by atoms with E-state index in [1.54, 1.807) is 6.07 Å². The normalized spacial score (nSPS) is 15.1. The molecule has 2 N–H and O–H groups in total. The van der Waals surface area contributed by atoms with Crippen molar-refractivity contribution in [1.82, 2.24) is 5.32 Å². The summed E-state index contributed by atoms with van der Waals surface area (Å²) in [5.41, 5.74) is 0. The maximum Gasteiger partial charge on any atom is 0.371 e. The highest BCUT2D eigenvalue weighted by Crippen LogP contribution is 2.17. The van der Waals surface area contributed by atoms with E-state index in [0.29, 0.717) is 5.76 Å². The summed E-state index contributed by atoms with van der Waals surface area (Å²) in [6, 6.07) is 2.93. The predicted octanol–water partition coefficient (Wildman–Crippen LogP) is 1.56. The SMILES string of the molecule is O=C(O)c1ccc(CNC(=O)C2CC=CC2)o1. The van der Waals surface area contributed by atoms with E-state index in [-0.39, 0.29) is 24.1 Å². The second kappa shape index (κ2) is 4.86. The van der Waals surface area contributed by atoms with Crippen LogP contribution >= 0.6 is 0 Å². The Morgan fingerprint density at radius 1 is 1.35 bits per heavy atom. The van der Waals surface area contributed by atoms with Crippen LogP contribution in [-0.2, 0) is 11.3 Å². The third kappa shape index (κ3) is 2.75. The third-order valence-electron chi connectivity index (χ3n) is 2.69. The van der Waals surface area contributed by atoms with Crippen LogP contribution in [-0.4, -0.2) is 17.0 Å². The van der Waals surface area contributed by atoms with Gasteiger partial charge in [0, 0.05) is 5.92 Å². The van der Waals surface area contributed by atoms with Gasteiger partial charge in [-0.1, -0.05) is 12.2 Å². The Hall–Kier alpha value is -2.04. The number of amides is 1. The lowest BCUT2D eigenvalue weighted by atomic mass is 10.1.